The van der Waals surface area contributed by atoms with Gasteiger partial charge in [-0.3, -0.25) is 4.90 Å². The summed E-state index contributed by atoms with van der Waals surface area (Å²) in [6, 6.07) is 8.37. The highest BCUT2D eigenvalue weighted by Crippen LogP contribution is 2.32. The van der Waals surface area contributed by atoms with Crippen LogP contribution in [-0.4, -0.2) is 36.7 Å². The van der Waals surface area contributed by atoms with Gasteiger partial charge in [0.25, 0.3) is 0 Å². The largest absolute Gasteiger partial charge is 0.434 e. The normalized spacial score (nSPS) is 27.6. The molecule has 1 aromatic carbocycles. The van der Waals surface area contributed by atoms with Gasteiger partial charge in [0.2, 0.25) is 0 Å². The van der Waals surface area contributed by atoms with E-state index in [1.165, 1.54) is 12.8 Å². The van der Waals surface area contributed by atoms with E-state index in [0.29, 0.717) is 17.8 Å². The number of nitrogens with zero attached hydrogens (tertiary/aromatic N) is 1. The van der Waals surface area contributed by atoms with Crippen molar-refractivity contribution in [1.82, 2.24) is 10.2 Å². The predicted molar refractivity (Wildman–Crippen MR) is 77.6 cm³/mol. The van der Waals surface area contributed by atoms with Crippen LogP contribution in [0.5, 0.6) is 5.75 Å². The first-order valence-corrected chi connectivity index (χ1v) is 7.67. The first kappa shape index (κ1) is 14.7. The van der Waals surface area contributed by atoms with Gasteiger partial charge in [-0.25, -0.2) is 0 Å². The van der Waals surface area contributed by atoms with Crippen LogP contribution in [0.1, 0.15) is 37.8 Å². The molecule has 3 rings (SSSR count). The van der Waals surface area contributed by atoms with Gasteiger partial charge in [0.15, 0.2) is 0 Å². The molecule has 0 aliphatic carbocycles. The van der Waals surface area contributed by atoms with Gasteiger partial charge >= 0.3 is 6.61 Å². The fraction of sp³-hybridized carbons (Fsp3) is 0.625. The number of likely N-dealkylation sites (tertiary alicyclic amines) is 1. The lowest BCUT2D eigenvalue weighted by Gasteiger charge is -2.31. The van der Waals surface area contributed by atoms with Crippen LogP contribution in [0.3, 0.4) is 0 Å². The molecule has 2 bridgehead atoms. The molecule has 2 heterocycles. The van der Waals surface area contributed by atoms with Crippen LogP contribution in [-0.2, 0) is 0 Å². The van der Waals surface area contributed by atoms with Crippen molar-refractivity contribution in [1.29, 1.82) is 0 Å². The van der Waals surface area contributed by atoms with Crippen LogP contribution >= 0.6 is 0 Å². The van der Waals surface area contributed by atoms with E-state index in [9.17, 15) is 8.78 Å². The maximum absolute atomic E-state index is 12.5. The second kappa shape index (κ2) is 6.28. The van der Waals surface area contributed by atoms with Crippen molar-refractivity contribution in [2.45, 2.75) is 50.9 Å². The number of benzene rings is 1. The maximum atomic E-state index is 12.5. The second-order valence-electron chi connectivity index (χ2n) is 6.01. The van der Waals surface area contributed by atoms with Gasteiger partial charge in [0.1, 0.15) is 5.75 Å². The van der Waals surface area contributed by atoms with Crippen molar-refractivity contribution >= 4 is 0 Å². The van der Waals surface area contributed by atoms with Gasteiger partial charge in [-0.1, -0.05) is 18.2 Å². The molecule has 116 valence electrons. The number of nitrogens with one attached hydrogen (secondary N) is 1. The Morgan fingerprint density at radius 1 is 1.19 bits per heavy atom. The fourth-order valence-corrected chi connectivity index (χ4v) is 3.55. The Morgan fingerprint density at radius 2 is 1.95 bits per heavy atom. The number of fused-ring (bicyclic) bond motifs is 2. The lowest BCUT2D eigenvalue weighted by molar-refractivity contribution is -0.0511. The quantitative estimate of drug-likeness (QED) is 0.923. The summed E-state index contributed by atoms with van der Waals surface area (Å²) >= 11 is 0. The number of rotatable bonds is 4. The van der Waals surface area contributed by atoms with Crippen molar-refractivity contribution in [2.24, 2.45) is 0 Å². The summed E-state index contributed by atoms with van der Waals surface area (Å²) in [6.07, 6.45) is 3.60. The van der Waals surface area contributed by atoms with Crippen molar-refractivity contribution in [3.8, 4) is 5.75 Å². The van der Waals surface area contributed by atoms with Crippen LogP contribution in [0.25, 0.3) is 0 Å². The van der Waals surface area contributed by atoms with E-state index in [-0.39, 0.29) is 6.04 Å². The summed E-state index contributed by atoms with van der Waals surface area (Å²) < 4.78 is 29.8. The average Bonchev–Trinajstić information content (AvgIpc) is 2.77. The molecule has 21 heavy (non-hydrogen) atoms. The van der Waals surface area contributed by atoms with Crippen LogP contribution in [0, 0.1) is 0 Å². The van der Waals surface area contributed by atoms with E-state index in [1.54, 1.807) is 12.1 Å². The molecule has 2 saturated heterocycles. The third-order valence-corrected chi connectivity index (χ3v) is 4.69. The van der Waals surface area contributed by atoms with Gasteiger partial charge in [0.05, 0.1) is 0 Å². The lowest BCUT2D eigenvalue weighted by atomic mass is 10.0. The Bertz CT molecular complexity index is 483. The Kier molecular flexibility index (Phi) is 4.40. The molecule has 2 aliphatic heterocycles. The lowest BCUT2D eigenvalue weighted by Crippen LogP contribution is -2.36. The summed E-state index contributed by atoms with van der Waals surface area (Å²) in [5, 5.41) is 3.64. The summed E-state index contributed by atoms with van der Waals surface area (Å²) in [5.41, 5.74) is 0.843. The zero-order valence-electron chi connectivity index (χ0n) is 12.3. The van der Waals surface area contributed by atoms with E-state index in [2.05, 4.69) is 21.9 Å². The minimum Gasteiger partial charge on any atom is -0.434 e. The number of ether oxygens (including phenoxy) is 1. The van der Waals surface area contributed by atoms with Crippen molar-refractivity contribution in [3.63, 3.8) is 0 Å². The summed E-state index contributed by atoms with van der Waals surface area (Å²) in [4.78, 5) is 2.38. The molecule has 1 aromatic rings. The Hall–Kier alpha value is -1.20. The minimum atomic E-state index is -2.78. The van der Waals surface area contributed by atoms with Crippen molar-refractivity contribution < 1.29 is 13.5 Å². The third-order valence-electron chi connectivity index (χ3n) is 4.69. The summed E-state index contributed by atoms with van der Waals surface area (Å²) in [6.45, 7) is 1.27. The Labute approximate surface area is 124 Å². The number of alkyl halides is 2. The topological polar surface area (TPSA) is 24.5 Å². The van der Waals surface area contributed by atoms with E-state index in [4.69, 9.17) is 0 Å². The average molecular weight is 296 g/mol. The number of hydrogen-bond acceptors (Lipinski definition) is 3. The maximum Gasteiger partial charge on any atom is 0.387 e. The van der Waals surface area contributed by atoms with Gasteiger partial charge in [0, 0.05) is 36.8 Å². The van der Waals surface area contributed by atoms with E-state index in [0.717, 1.165) is 25.1 Å². The highest BCUT2D eigenvalue weighted by atomic mass is 19.3. The third kappa shape index (κ3) is 3.35. The monoisotopic (exact) mass is 296 g/mol. The molecule has 5 heteroatoms. The predicted octanol–water partition coefficient (Wildman–Crippen LogP) is 3.18. The molecule has 1 N–H and O–H groups in total. The Balaban J connectivity index is 1.76. The molecule has 3 atom stereocenters. The summed E-state index contributed by atoms with van der Waals surface area (Å²) in [7, 11) is 0. The zero-order chi connectivity index (χ0) is 14.8. The zero-order valence-corrected chi connectivity index (χ0v) is 12.3. The van der Waals surface area contributed by atoms with Gasteiger partial charge in [-0.05, 0) is 32.3 Å². The highest BCUT2D eigenvalue weighted by molar-refractivity contribution is 5.35. The molecule has 3 nitrogen and oxygen atoms in total. The fourth-order valence-electron chi connectivity index (χ4n) is 3.55. The summed E-state index contributed by atoms with van der Waals surface area (Å²) in [5.74, 6) is 0.294. The van der Waals surface area contributed by atoms with Crippen molar-refractivity contribution in [2.75, 3.05) is 13.1 Å². The smallest absolute Gasteiger partial charge is 0.387 e. The van der Waals surface area contributed by atoms with Crippen LogP contribution in [0.4, 0.5) is 8.78 Å². The number of hydrogen-bond donors (Lipinski definition) is 1. The molecule has 0 radical (unpaired) electrons. The standard InChI is InChI=1S/C16H22F2N2O/c1-11(14-4-2-3-5-15(14)21-16(17)18)20-9-8-12-6-7-13(10-20)19-12/h2-5,11-13,16,19H,6-10H2,1H3. The van der Waals surface area contributed by atoms with E-state index >= 15 is 0 Å². The molecule has 0 amide bonds. The number of para-hydroxylation sites is 1. The molecule has 3 unspecified atom stereocenters. The Morgan fingerprint density at radius 3 is 2.76 bits per heavy atom. The molecular formula is C16H22F2N2O. The molecule has 0 saturated carbocycles. The molecule has 0 aromatic heterocycles. The minimum absolute atomic E-state index is 0.0844. The van der Waals surface area contributed by atoms with Crippen LogP contribution in [0.2, 0.25) is 0 Å². The SMILES string of the molecule is CC(c1ccccc1OC(F)F)N1CCC2CCC(C1)N2. The van der Waals surface area contributed by atoms with E-state index < -0.39 is 6.61 Å². The van der Waals surface area contributed by atoms with E-state index in [1.807, 2.05) is 12.1 Å². The van der Waals surface area contributed by atoms with Crippen LogP contribution in [0.15, 0.2) is 24.3 Å². The molecule has 0 spiro atoms. The van der Waals surface area contributed by atoms with Gasteiger partial charge in [-0.15, -0.1) is 0 Å². The molecule has 2 fully saturated rings. The van der Waals surface area contributed by atoms with Crippen molar-refractivity contribution in [3.05, 3.63) is 29.8 Å². The van der Waals surface area contributed by atoms with Gasteiger partial charge in [-0.2, -0.15) is 8.78 Å². The second-order valence-corrected chi connectivity index (χ2v) is 6.01. The van der Waals surface area contributed by atoms with Crippen LogP contribution < -0.4 is 10.1 Å². The van der Waals surface area contributed by atoms with Gasteiger partial charge < -0.3 is 10.1 Å². The molecule has 2 aliphatic rings. The highest BCUT2D eigenvalue weighted by Gasteiger charge is 2.32. The first-order valence-electron chi connectivity index (χ1n) is 7.67. The molecular weight excluding hydrogens is 274 g/mol. The number of halogens is 2. The first-order chi connectivity index (χ1) is 10.1.